The highest BCUT2D eigenvalue weighted by Crippen LogP contribution is 2.30. The Bertz CT molecular complexity index is 462. The summed E-state index contributed by atoms with van der Waals surface area (Å²) in [5.74, 6) is -0.365. The Morgan fingerprint density at radius 3 is 2.39 bits per heavy atom. The number of amides is 1. The summed E-state index contributed by atoms with van der Waals surface area (Å²) in [6.07, 6.45) is -0.166. The molecule has 96 valence electrons. The minimum Gasteiger partial charge on any atom is -0.437 e. The molecule has 18 heavy (non-hydrogen) atoms. The van der Waals surface area contributed by atoms with E-state index in [1.165, 1.54) is 0 Å². The van der Waals surface area contributed by atoms with E-state index in [0.29, 0.717) is 5.56 Å². The van der Waals surface area contributed by atoms with E-state index >= 15 is 0 Å². The number of likely N-dealkylation sites (tertiary alicyclic amines) is 1. The van der Waals surface area contributed by atoms with Crippen molar-refractivity contribution in [2.45, 2.75) is 39.0 Å². The van der Waals surface area contributed by atoms with Crippen molar-refractivity contribution < 1.29 is 14.3 Å². The van der Waals surface area contributed by atoms with Crippen molar-refractivity contribution in [1.82, 2.24) is 4.90 Å². The second kappa shape index (κ2) is 4.44. The third kappa shape index (κ3) is 2.37. The van der Waals surface area contributed by atoms with E-state index in [2.05, 4.69) is 0 Å². The fourth-order valence-corrected chi connectivity index (χ4v) is 2.05. The summed E-state index contributed by atoms with van der Waals surface area (Å²) in [7, 11) is 0. The van der Waals surface area contributed by atoms with Crippen LogP contribution in [0.25, 0.3) is 0 Å². The average molecular weight is 247 g/mol. The lowest BCUT2D eigenvalue weighted by atomic mass is 9.98. The molecule has 1 aliphatic heterocycles. The molecule has 1 aliphatic rings. The van der Waals surface area contributed by atoms with Gasteiger partial charge in [0.25, 0.3) is 0 Å². The normalized spacial score (nSPS) is 19.4. The Balaban J connectivity index is 2.03. The molecule has 4 nitrogen and oxygen atoms in total. The van der Waals surface area contributed by atoms with Crippen molar-refractivity contribution in [3.05, 3.63) is 35.9 Å². The van der Waals surface area contributed by atoms with Crippen LogP contribution >= 0.6 is 0 Å². The first-order chi connectivity index (χ1) is 8.39. The predicted molar refractivity (Wildman–Crippen MR) is 66.9 cm³/mol. The van der Waals surface area contributed by atoms with Gasteiger partial charge in [-0.2, -0.15) is 0 Å². The summed E-state index contributed by atoms with van der Waals surface area (Å²) in [6.45, 7) is 5.77. The molecule has 1 aromatic rings. The third-order valence-electron chi connectivity index (χ3n) is 2.88. The minimum atomic E-state index is -0.440. The van der Waals surface area contributed by atoms with Gasteiger partial charge in [-0.05, 0) is 32.9 Å². The number of ether oxygens (including phenoxy) is 1. The zero-order valence-electron chi connectivity index (χ0n) is 10.8. The molecule has 0 aliphatic carbocycles. The van der Waals surface area contributed by atoms with Crippen molar-refractivity contribution >= 4 is 11.9 Å². The molecular formula is C14H17NO3. The molecule has 0 saturated carbocycles. The molecule has 1 fully saturated rings. The quantitative estimate of drug-likeness (QED) is 0.594. The number of carbonyl (C=O) groups is 2. The number of benzene rings is 1. The number of carbonyl (C=O) groups excluding carboxylic acids is 2. The summed E-state index contributed by atoms with van der Waals surface area (Å²) in [5, 5.41) is 0. The Hall–Kier alpha value is -1.84. The van der Waals surface area contributed by atoms with E-state index < -0.39 is 6.23 Å². The van der Waals surface area contributed by atoms with Gasteiger partial charge in [-0.15, -0.1) is 0 Å². The first kappa shape index (κ1) is 12.6. The summed E-state index contributed by atoms with van der Waals surface area (Å²) in [5.41, 5.74) is 0.183. The van der Waals surface area contributed by atoms with E-state index in [9.17, 15) is 9.59 Å². The first-order valence-corrected chi connectivity index (χ1v) is 5.98. The van der Waals surface area contributed by atoms with Gasteiger partial charge in [-0.1, -0.05) is 18.2 Å². The van der Waals surface area contributed by atoms with Gasteiger partial charge < -0.3 is 9.64 Å². The van der Waals surface area contributed by atoms with E-state index in [-0.39, 0.29) is 23.8 Å². The lowest BCUT2D eigenvalue weighted by Crippen LogP contribution is -2.62. The highest BCUT2D eigenvalue weighted by Gasteiger charge is 2.45. The number of rotatable bonds is 2. The molecule has 4 heteroatoms. The molecule has 1 heterocycles. The number of hydrogen-bond acceptors (Lipinski definition) is 3. The van der Waals surface area contributed by atoms with E-state index in [4.69, 9.17) is 4.74 Å². The molecule has 0 aromatic heterocycles. The molecule has 1 aromatic carbocycles. The molecule has 0 N–H and O–H groups in total. The van der Waals surface area contributed by atoms with Crippen molar-refractivity contribution in [1.29, 1.82) is 0 Å². The fraction of sp³-hybridized carbons (Fsp3) is 0.429. The summed E-state index contributed by atoms with van der Waals surface area (Å²) >= 11 is 0. The lowest BCUT2D eigenvalue weighted by molar-refractivity contribution is -0.177. The first-order valence-electron chi connectivity index (χ1n) is 5.98. The zero-order valence-corrected chi connectivity index (χ0v) is 10.8. The Morgan fingerprint density at radius 2 is 1.89 bits per heavy atom. The molecule has 0 radical (unpaired) electrons. The van der Waals surface area contributed by atoms with Crippen molar-refractivity contribution in [3.8, 4) is 0 Å². The van der Waals surface area contributed by atoms with Crippen LogP contribution in [0.15, 0.2) is 30.3 Å². The zero-order chi connectivity index (χ0) is 13.3. The number of hydrogen-bond donors (Lipinski definition) is 0. The summed E-state index contributed by atoms with van der Waals surface area (Å²) < 4.78 is 5.35. The third-order valence-corrected chi connectivity index (χ3v) is 2.88. The van der Waals surface area contributed by atoms with E-state index in [1.807, 2.05) is 26.8 Å². The topological polar surface area (TPSA) is 46.6 Å². The number of nitrogens with zero attached hydrogens (tertiary/aromatic N) is 1. The van der Waals surface area contributed by atoms with Crippen LogP contribution in [0.4, 0.5) is 0 Å². The van der Waals surface area contributed by atoms with Gasteiger partial charge in [0.2, 0.25) is 5.91 Å². The molecule has 1 unspecified atom stereocenters. The number of esters is 1. The van der Waals surface area contributed by atoms with Gasteiger partial charge in [-0.25, -0.2) is 4.79 Å². The van der Waals surface area contributed by atoms with Gasteiger partial charge in [0.15, 0.2) is 6.23 Å². The SMILES string of the molecule is CC(C)(C)N1C(=O)CC1OC(=O)c1ccccc1. The molecule has 1 saturated heterocycles. The number of β-lactam (4-membered cyclic amide) rings is 1. The van der Waals surface area contributed by atoms with Gasteiger partial charge in [0, 0.05) is 5.54 Å². The maximum Gasteiger partial charge on any atom is 0.340 e. The summed E-state index contributed by atoms with van der Waals surface area (Å²) in [4.78, 5) is 25.0. The minimum absolute atomic E-state index is 0.0216. The van der Waals surface area contributed by atoms with Gasteiger partial charge in [-0.3, -0.25) is 4.79 Å². The molecule has 0 spiro atoms. The van der Waals surface area contributed by atoms with Crippen molar-refractivity contribution in [2.24, 2.45) is 0 Å². The lowest BCUT2D eigenvalue weighted by Gasteiger charge is -2.47. The second-order valence-corrected chi connectivity index (χ2v) is 5.36. The molecule has 1 atom stereocenters. The fourth-order valence-electron chi connectivity index (χ4n) is 2.05. The predicted octanol–water partition coefficient (Wildman–Crippen LogP) is 2.20. The van der Waals surface area contributed by atoms with Crippen LogP contribution in [0.2, 0.25) is 0 Å². The van der Waals surface area contributed by atoms with Crippen LogP contribution in [-0.4, -0.2) is 28.5 Å². The van der Waals surface area contributed by atoms with E-state index in [0.717, 1.165) is 0 Å². The molecular weight excluding hydrogens is 230 g/mol. The van der Waals surface area contributed by atoms with Gasteiger partial charge >= 0.3 is 5.97 Å². The maximum absolute atomic E-state index is 11.9. The van der Waals surface area contributed by atoms with Crippen LogP contribution in [0.3, 0.4) is 0 Å². The highest BCUT2D eigenvalue weighted by molar-refractivity contribution is 5.91. The Labute approximate surface area is 107 Å². The van der Waals surface area contributed by atoms with Crippen molar-refractivity contribution in [2.75, 3.05) is 0 Å². The molecule has 0 bridgehead atoms. The molecule has 2 rings (SSSR count). The largest absolute Gasteiger partial charge is 0.437 e. The smallest absolute Gasteiger partial charge is 0.340 e. The standard InChI is InChI=1S/C14H17NO3/c1-14(2,3)15-11(16)9-12(15)18-13(17)10-7-5-4-6-8-10/h4-8,12H,9H2,1-3H3. The summed E-state index contributed by atoms with van der Waals surface area (Å²) in [6, 6.07) is 8.80. The average Bonchev–Trinajstić information content (AvgIpc) is 2.26. The van der Waals surface area contributed by atoms with Crippen molar-refractivity contribution in [3.63, 3.8) is 0 Å². The highest BCUT2D eigenvalue weighted by atomic mass is 16.6. The van der Waals surface area contributed by atoms with Crippen LogP contribution in [-0.2, 0) is 9.53 Å². The Morgan fingerprint density at radius 1 is 1.28 bits per heavy atom. The van der Waals surface area contributed by atoms with Gasteiger partial charge in [0.1, 0.15) is 0 Å². The van der Waals surface area contributed by atoms with E-state index in [1.54, 1.807) is 29.2 Å². The monoisotopic (exact) mass is 247 g/mol. The van der Waals surface area contributed by atoms with Crippen LogP contribution in [0.1, 0.15) is 37.6 Å². The van der Waals surface area contributed by atoms with Crippen LogP contribution in [0.5, 0.6) is 0 Å². The van der Waals surface area contributed by atoms with Crippen LogP contribution in [0, 0.1) is 0 Å². The maximum atomic E-state index is 11.9. The van der Waals surface area contributed by atoms with Crippen LogP contribution < -0.4 is 0 Å². The Kier molecular flexibility index (Phi) is 3.11. The molecule has 1 amide bonds. The second-order valence-electron chi connectivity index (χ2n) is 5.36. The van der Waals surface area contributed by atoms with Gasteiger partial charge in [0.05, 0.1) is 12.0 Å².